The van der Waals surface area contributed by atoms with Gasteiger partial charge in [-0.05, 0) is 38.5 Å². The summed E-state index contributed by atoms with van der Waals surface area (Å²) in [5.41, 5.74) is 0. The van der Waals surface area contributed by atoms with Crippen LogP contribution in [0.15, 0.2) is 12.2 Å². The molecule has 2 unspecified atom stereocenters. The summed E-state index contributed by atoms with van der Waals surface area (Å²) in [5, 5.41) is 0. The zero-order valence-corrected chi connectivity index (χ0v) is 27.7. The molecular weight excluding hydrogens is 545 g/mol. The van der Waals surface area contributed by atoms with Crippen LogP contribution in [-0.4, -0.2) is 74.9 Å². The van der Waals surface area contributed by atoms with Gasteiger partial charge in [0.25, 0.3) is 0 Å². The molecule has 0 aliphatic rings. The molecule has 0 saturated carbocycles. The number of hydrogen-bond acceptors (Lipinski definition) is 7. The Morgan fingerprint density at radius 3 is 1.85 bits per heavy atom. The van der Waals surface area contributed by atoms with Crippen LogP contribution in [-0.2, 0) is 32.7 Å². The number of hydrogen-bond donors (Lipinski definition) is 1. The van der Waals surface area contributed by atoms with Gasteiger partial charge in [0.1, 0.15) is 19.8 Å². The van der Waals surface area contributed by atoms with Crippen LogP contribution in [0, 0.1) is 0 Å². The van der Waals surface area contributed by atoms with E-state index in [4.69, 9.17) is 18.5 Å². The number of phosphoric ester groups is 1. The van der Waals surface area contributed by atoms with Crippen molar-refractivity contribution in [2.24, 2.45) is 0 Å². The van der Waals surface area contributed by atoms with Gasteiger partial charge < -0.3 is 18.9 Å². The summed E-state index contributed by atoms with van der Waals surface area (Å²) in [4.78, 5) is 34.3. The highest BCUT2D eigenvalue weighted by atomic mass is 31.2. The van der Waals surface area contributed by atoms with Gasteiger partial charge in [0, 0.05) is 12.8 Å². The molecule has 242 valence electrons. The average molecular weight is 607 g/mol. The number of carbonyl (C=O) groups excluding carboxylic acids is 2. The lowest BCUT2D eigenvalue weighted by Gasteiger charge is -2.24. The number of likely N-dealkylation sites (N-methyl/N-ethyl adjacent to an activating group) is 1. The van der Waals surface area contributed by atoms with E-state index in [1.807, 2.05) is 28.1 Å². The number of phosphoric acid groups is 1. The summed E-state index contributed by atoms with van der Waals surface area (Å²) < 4.78 is 33.5. The quantitative estimate of drug-likeness (QED) is 0.0321. The Labute approximate surface area is 250 Å². The normalized spacial score (nSPS) is 14.2. The SMILES string of the molecule is CCCCCCCC/C=C\CCCCCCCC(=O)OC(COC(=O)CCCC)COP(=O)(O)OCC[N+](C)(C)C. The third-order valence-electron chi connectivity index (χ3n) is 6.55. The first-order chi connectivity index (χ1) is 19.5. The maximum Gasteiger partial charge on any atom is 0.472 e. The number of esters is 2. The van der Waals surface area contributed by atoms with Gasteiger partial charge in [-0.25, -0.2) is 4.57 Å². The van der Waals surface area contributed by atoms with E-state index >= 15 is 0 Å². The van der Waals surface area contributed by atoms with Crippen LogP contribution in [0.25, 0.3) is 0 Å². The molecule has 0 saturated heterocycles. The Hall–Kier alpha value is -1.25. The lowest BCUT2D eigenvalue weighted by atomic mass is 10.1. The molecule has 41 heavy (non-hydrogen) atoms. The Balaban J connectivity index is 4.28. The Kier molecular flexibility index (Phi) is 24.5. The minimum Gasteiger partial charge on any atom is -0.462 e. The molecule has 9 nitrogen and oxygen atoms in total. The van der Waals surface area contributed by atoms with E-state index in [0.717, 1.165) is 38.5 Å². The first-order valence-corrected chi connectivity index (χ1v) is 17.4. The van der Waals surface area contributed by atoms with E-state index in [2.05, 4.69) is 19.1 Å². The van der Waals surface area contributed by atoms with E-state index in [9.17, 15) is 19.0 Å². The van der Waals surface area contributed by atoms with E-state index in [1.165, 1.54) is 44.9 Å². The number of nitrogens with zero attached hydrogens (tertiary/aromatic N) is 1. The van der Waals surface area contributed by atoms with Crippen LogP contribution in [0.1, 0.15) is 123 Å². The highest BCUT2D eigenvalue weighted by Gasteiger charge is 2.27. The lowest BCUT2D eigenvalue weighted by Crippen LogP contribution is -2.37. The van der Waals surface area contributed by atoms with Crippen molar-refractivity contribution in [3.05, 3.63) is 12.2 Å². The first kappa shape index (κ1) is 39.8. The van der Waals surface area contributed by atoms with Gasteiger partial charge in [0.2, 0.25) is 0 Å². The first-order valence-electron chi connectivity index (χ1n) is 15.9. The second-order valence-electron chi connectivity index (χ2n) is 11.8. The largest absolute Gasteiger partial charge is 0.472 e. The van der Waals surface area contributed by atoms with Gasteiger partial charge in [0.05, 0.1) is 27.7 Å². The Morgan fingerprint density at radius 2 is 1.27 bits per heavy atom. The fourth-order valence-corrected chi connectivity index (χ4v) is 4.67. The molecule has 10 heteroatoms. The summed E-state index contributed by atoms with van der Waals surface area (Å²) >= 11 is 0. The highest BCUT2D eigenvalue weighted by molar-refractivity contribution is 7.47. The maximum absolute atomic E-state index is 12.4. The van der Waals surface area contributed by atoms with Gasteiger partial charge in [-0.3, -0.25) is 18.6 Å². The number of quaternary nitrogens is 1. The number of carbonyl (C=O) groups is 2. The predicted octanol–water partition coefficient (Wildman–Crippen LogP) is 7.51. The average Bonchev–Trinajstić information content (AvgIpc) is 2.90. The molecule has 0 aliphatic carbocycles. The van der Waals surface area contributed by atoms with Crippen molar-refractivity contribution in [3.8, 4) is 0 Å². The Bertz CT molecular complexity index is 738. The van der Waals surface area contributed by atoms with Crippen LogP contribution in [0.3, 0.4) is 0 Å². The molecule has 2 atom stereocenters. The second-order valence-corrected chi connectivity index (χ2v) is 13.3. The van der Waals surface area contributed by atoms with Gasteiger partial charge >= 0.3 is 19.8 Å². The standard InChI is InChI=1S/C31H60NO8P/c1-6-8-10-11-12-13-14-15-16-17-18-19-20-21-22-24-31(34)40-29(27-37-30(33)23-9-7-2)28-39-41(35,36)38-26-25-32(3,4)5/h15-16,29H,6-14,17-28H2,1-5H3/p+1/b16-15-. The van der Waals surface area contributed by atoms with Crippen LogP contribution in [0.2, 0.25) is 0 Å². The number of rotatable bonds is 28. The summed E-state index contributed by atoms with van der Waals surface area (Å²) in [6.07, 6.45) is 20.9. The topological polar surface area (TPSA) is 108 Å². The summed E-state index contributed by atoms with van der Waals surface area (Å²) in [5.74, 6) is -0.851. The molecular formula is C31H61NO8P+. The van der Waals surface area contributed by atoms with Crippen molar-refractivity contribution in [1.29, 1.82) is 0 Å². The molecule has 0 aromatic heterocycles. The smallest absolute Gasteiger partial charge is 0.462 e. The maximum atomic E-state index is 12.4. The summed E-state index contributed by atoms with van der Waals surface area (Å²) in [6.45, 7) is 4.11. The summed E-state index contributed by atoms with van der Waals surface area (Å²) in [7, 11) is 1.47. The highest BCUT2D eigenvalue weighted by Crippen LogP contribution is 2.43. The van der Waals surface area contributed by atoms with Gasteiger partial charge in [-0.15, -0.1) is 0 Å². The van der Waals surface area contributed by atoms with Crippen molar-refractivity contribution in [1.82, 2.24) is 0 Å². The Morgan fingerprint density at radius 1 is 0.732 bits per heavy atom. The van der Waals surface area contributed by atoms with Crippen molar-refractivity contribution < 1.29 is 42.1 Å². The molecule has 0 aromatic carbocycles. The van der Waals surface area contributed by atoms with Gasteiger partial charge in [-0.2, -0.15) is 0 Å². The fourth-order valence-electron chi connectivity index (χ4n) is 3.92. The molecule has 0 spiro atoms. The van der Waals surface area contributed by atoms with Crippen LogP contribution >= 0.6 is 7.82 Å². The molecule has 0 rings (SSSR count). The molecule has 0 radical (unpaired) electrons. The monoisotopic (exact) mass is 606 g/mol. The zero-order chi connectivity index (χ0) is 30.8. The molecule has 0 fully saturated rings. The molecule has 0 bridgehead atoms. The molecule has 0 aliphatic heterocycles. The van der Waals surface area contributed by atoms with Crippen molar-refractivity contribution in [2.45, 2.75) is 129 Å². The van der Waals surface area contributed by atoms with E-state index in [1.54, 1.807) is 0 Å². The fraction of sp³-hybridized carbons (Fsp3) is 0.871. The molecule has 0 heterocycles. The van der Waals surface area contributed by atoms with Gasteiger partial charge in [0.15, 0.2) is 6.10 Å². The van der Waals surface area contributed by atoms with Crippen LogP contribution < -0.4 is 0 Å². The zero-order valence-electron chi connectivity index (χ0n) is 26.8. The van der Waals surface area contributed by atoms with Crippen molar-refractivity contribution in [3.63, 3.8) is 0 Å². The number of ether oxygens (including phenoxy) is 2. The molecule has 0 aromatic rings. The van der Waals surface area contributed by atoms with Crippen LogP contribution in [0.5, 0.6) is 0 Å². The minimum absolute atomic E-state index is 0.0310. The second kappa shape index (κ2) is 25.3. The van der Waals surface area contributed by atoms with Crippen molar-refractivity contribution >= 4 is 19.8 Å². The molecule has 1 N–H and O–H groups in total. The van der Waals surface area contributed by atoms with Crippen LogP contribution in [0.4, 0.5) is 0 Å². The van der Waals surface area contributed by atoms with E-state index in [0.29, 0.717) is 23.9 Å². The number of unbranched alkanes of at least 4 members (excludes halogenated alkanes) is 12. The third kappa shape index (κ3) is 28.6. The molecule has 0 amide bonds. The van der Waals surface area contributed by atoms with Gasteiger partial charge in [-0.1, -0.05) is 83.8 Å². The third-order valence-corrected chi connectivity index (χ3v) is 7.53. The number of allylic oxidation sites excluding steroid dienone is 2. The minimum atomic E-state index is -4.34. The predicted molar refractivity (Wildman–Crippen MR) is 164 cm³/mol. The summed E-state index contributed by atoms with van der Waals surface area (Å²) in [6, 6.07) is 0. The van der Waals surface area contributed by atoms with E-state index < -0.39 is 32.5 Å². The lowest BCUT2D eigenvalue weighted by molar-refractivity contribution is -0.870. The van der Waals surface area contributed by atoms with Crippen molar-refractivity contribution in [2.75, 3.05) is 47.5 Å². The van der Waals surface area contributed by atoms with E-state index in [-0.39, 0.29) is 26.1 Å².